The molecule has 4 heteroatoms. The van der Waals surface area contributed by atoms with Gasteiger partial charge >= 0.3 is 5.97 Å². The molecule has 0 radical (unpaired) electrons. The first-order chi connectivity index (χ1) is 6.56. The molecule has 0 aliphatic carbocycles. The summed E-state index contributed by atoms with van der Waals surface area (Å²) in [6.07, 6.45) is -0.153. The van der Waals surface area contributed by atoms with E-state index >= 15 is 0 Å². The summed E-state index contributed by atoms with van der Waals surface area (Å²) in [5, 5.41) is 17.8. The van der Waals surface area contributed by atoms with Crippen molar-refractivity contribution in [3.8, 4) is 6.07 Å². The Morgan fingerprint density at radius 1 is 1.64 bits per heavy atom. The summed E-state index contributed by atoms with van der Waals surface area (Å²) in [7, 11) is 0. The van der Waals surface area contributed by atoms with Crippen molar-refractivity contribution in [3.63, 3.8) is 0 Å². The first-order valence-corrected chi connectivity index (χ1v) is 4.34. The van der Waals surface area contributed by atoms with Crippen LogP contribution in [0.4, 0.5) is 0 Å². The highest BCUT2D eigenvalue weighted by atomic mass is 35.5. The lowest BCUT2D eigenvalue weighted by atomic mass is 10.0. The van der Waals surface area contributed by atoms with Crippen LogP contribution >= 0.6 is 11.6 Å². The zero-order valence-electron chi connectivity index (χ0n) is 7.54. The molecule has 0 bridgehead atoms. The van der Waals surface area contributed by atoms with Gasteiger partial charge in [-0.25, -0.2) is 0 Å². The second kappa shape index (κ2) is 4.12. The van der Waals surface area contributed by atoms with E-state index in [1.165, 1.54) is 0 Å². The van der Waals surface area contributed by atoms with Gasteiger partial charge in [0.15, 0.2) is 0 Å². The van der Waals surface area contributed by atoms with Crippen LogP contribution in [0.15, 0.2) is 12.1 Å². The lowest BCUT2D eigenvalue weighted by Crippen LogP contribution is -2.04. The number of carboxylic acid groups (broad SMARTS) is 1. The highest BCUT2D eigenvalue weighted by Crippen LogP contribution is 2.23. The summed E-state index contributed by atoms with van der Waals surface area (Å²) in [5.41, 5.74) is 1.62. The second-order valence-electron chi connectivity index (χ2n) is 2.88. The van der Waals surface area contributed by atoms with Crippen LogP contribution < -0.4 is 0 Å². The molecule has 1 rings (SSSR count). The van der Waals surface area contributed by atoms with Gasteiger partial charge < -0.3 is 5.11 Å². The lowest BCUT2D eigenvalue weighted by molar-refractivity contribution is -0.136. The molecule has 0 atom stereocenters. The van der Waals surface area contributed by atoms with Crippen LogP contribution in [0.1, 0.15) is 16.7 Å². The number of aliphatic carboxylic acids is 1. The standard InChI is InChI=1S/C10H8ClNO2/c1-6-7(5-12)2-3-9(11)8(6)4-10(13)14/h2-3H,4H2,1H3,(H,13,14). The maximum atomic E-state index is 10.5. The lowest BCUT2D eigenvalue weighted by Gasteiger charge is -2.06. The number of hydrogen-bond donors (Lipinski definition) is 1. The average Bonchev–Trinajstić information content (AvgIpc) is 2.12. The van der Waals surface area contributed by atoms with Gasteiger partial charge in [-0.1, -0.05) is 11.6 Å². The molecule has 0 aliphatic heterocycles. The molecular formula is C10H8ClNO2. The van der Waals surface area contributed by atoms with Gasteiger partial charge in [-0.2, -0.15) is 5.26 Å². The molecular weight excluding hydrogens is 202 g/mol. The van der Waals surface area contributed by atoms with E-state index in [2.05, 4.69) is 0 Å². The number of hydrogen-bond acceptors (Lipinski definition) is 2. The number of carboxylic acids is 1. The van der Waals surface area contributed by atoms with Gasteiger partial charge in [0.25, 0.3) is 0 Å². The summed E-state index contributed by atoms with van der Waals surface area (Å²) in [6, 6.07) is 5.12. The normalized spacial score (nSPS) is 9.50. The summed E-state index contributed by atoms with van der Waals surface area (Å²) in [4.78, 5) is 10.5. The molecule has 0 spiro atoms. The van der Waals surface area contributed by atoms with Gasteiger partial charge in [0.2, 0.25) is 0 Å². The summed E-state index contributed by atoms with van der Waals surface area (Å²) < 4.78 is 0. The Morgan fingerprint density at radius 2 is 2.29 bits per heavy atom. The van der Waals surface area contributed by atoms with E-state index in [-0.39, 0.29) is 6.42 Å². The number of rotatable bonds is 2. The third-order valence-electron chi connectivity index (χ3n) is 1.99. The minimum Gasteiger partial charge on any atom is -0.481 e. The fourth-order valence-electron chi connectivity index (χ4n) is 1.21. The molecule has 0 unspecified atom stereocenters. The van der Waals surface area contributed by atoms with Gasteiger partial charge in [0.05, 0.1) is 18.1 Å². The van der Waals surface area contributed by atoms with Gasteiger partial charge in [0, 0.05) is 5.02 Å². The number of halogens is 1. The van der Waals surface area contributed by atoms with Crippen LogP contribution in [0.2, 0.25) is 5.02 Å². The Bertz CT molecular complexity index is 421. The molecule has 0 saturated heterocycles. The third kappa shape index (κ3) is 2.04. The van der Waals surface area contributed by atoms with E-state index in [4.69, 9.17) is 22.0 Å². The average molecular weight is 210 g/mol. The number of nitrogens with zero attached hydrogens (tertiary/aromatic N) is 1. The van der Waals surface area contributed by atoms with Crippen LogP contribution in [-0.2, 0) is 11.2 Å². The van der Waals surface area contributed by atoms with E-state index in [1.807, 2.05) is 6.07 Å². The van der Waals surface area contributed by atoms with Crippen LogP contribution in [0.25, 0.3) is 0 Å². The van der Waals surface area contributed by atoms with Crippen molar-refractivity contribution in [2.45, 2.75) is 13.3 Å². The van der Waals surface area contributed by atoms with Gasteiger partial charge in [0.1, 0.15) is 0 Å². The Morgan fingerprint density at radius 3 is 2.79 bits per heavy atom. The first kappa shape index (κ1) is 10.6. The Balaban J connectivity index is 3.27. The van der Waals surface area contributed by atoms with Crippen molar-refractivity contribution in [1.29, 1.82) is 5.26 Å². The predicted molar refractivity (Wildman–Crippen MR) is 52.2 cm³/mol. The fraction of sp³-hybridized carbons (Fsp3) is 0.200. The zero-order chi connectivity index (χ0) is 10.7. The second-order valence-corrected chi connectivity index (χ2v) is 3.29. The van der Waals surface area contributed by atoms with Gasteiger partial charge in [-0.15, -0.1) is 0 Å². The quantitative estimate of drug-likeness (QED) is 0.812. The summed E-state index contributed by atoms with van der Waals surface area (Å²) in [6.45, 7) is 1.70. The van der Waals surface area contributed by atoms with Crippen LogP contribution in [0, 0.1) is 18.3 Å². The van der Waals surface area contributed by atoms with Crippen LogP contribution in [0.5, 0.6) is 0 Å². The molecule has 0 aromatic heterocycles. The van der Waals surface area contributed by atoms with Crippen molar-refractivity contribution < 1.29 is 9.90 Å². The highest BCUT2D eigenvalue weighted by Gasteiger charge is 2.11. The first-order valence-electron chi connectivity index (χ1n) is 3.96. The van der Waals surface area contributed by atoms with Crippen LogP contribution in [-0.4, -0.2) is 11.1 Å². The predicted octanol–water partition coefficient (Wildman–Crippen LogP) is 2.15. The van der Waals surface area contributed by atoms with E-state index in [9.17, 15) is 4.79 Å². The topological polar surface area (TPSA) is 61.1 Å². The maximum Gasteiger partial charge on any atom is 0.307 e. The Hall–Kier alpha value is -1.53. The number of benzene rings is 1. The highest BCUT2D eigenvalue weighted by molar-refractivity contribution is 6.31. The molecule has 1 aromatic rings. The molecule has 72 valence electrons. The van der Waals surface area contributed by atoms with Crippen molar-refractivity contribution in [2.24, 2.45) is 0 Å². The van der Waals surface area contributed by atoms with E-state index in [1.54, 1.807) is 19.1 Å². The largest absolute Gasteiger partial charge is 0.481 e. The van der Waals surface area contributed by atoms with Crippen molar-refractivity contribution in [1.82, 2.24) is 0 Å². The monoisotopic (exact) mass is 209 g/mol. The number of nitriles is 1. The maximum absolute atomic E-state index is 10.5. The molecule has 14 heavy (non-hydrogen) atoms. The third-order valence-corrected chi connectivity index (χ3v) is 2.34. The molecule has 0 heterocycles. The van der Waals surface area contributed by atoms with E-state index in [0.717, 1.165) is 0 Å². The van der Waals surface area contributed by atoms with Crippen LogP contribution in [0.3, 0.4) is 0 Å². The SMILES string of the molecule is Cc1c(C#N)ccc(Cl)c1CC(=O)O. The Labute approximate surface area is 86.5 Å². The minimum atomic E-state index is -0.954. The summed E-state index contributed by atoms with van der Waals surface area (Å²) >= 11 is 5.83. The molecule has 0 amide bonds. The van der Waals surface area contributed by atoms with Crippen molar-refractivity contribution >= 4 is 17.6 Å². The number of carbonyl (C=O) groups is 1. The van der Waals surface area contributed by atoms with E-state index < -0.39 is 5.97 Å². The molecule has 0 aliphatic rings. The molecule has 0 fully saturated rings. The van der Waals surface area contributed by atoms with E-state index in [0.29, 0.717) is 21.7 Å². The minimum absolute atomic E-state index is 0.153. The zero-order valence-corrected chi connectivity index (χ0v) is 8.30. The molecule has 0 saturated carbocycles. The van der Waals surface area contributed by atoms with Crippen molar-refractivity contribution in [3.05, 3.63) is 33.8 Å². The molecule has 1 aromatic carbocycles. The van der Waals surface area contributed by atoms with Crippen molar-refractivity contribution in [2.75, 3.05) is 0 Å². The Kier molecular flexibility index (Phi) is 3.10. The fourth-order valence-corrected chi connectivity index (χ4v) is 1.48. The van der Waals surface area contributed by atoms with Gasteiger partial charge in [-0.05, 0) is 30.2 Å². The molecule has 1 N–H and O–H groups in total. The molecule has 3 nitrogen and oxygen atoms in total. The smallest absolute Gasteiger partial charge is 0.307 e. The summed E-state index contributed by atoms with van der Waals surface area (Å²) in [5.74, 6) is -0.954. The van der Waals surface area contributed by atoms with Gasteiger partial charge in [-0.3, -0.25) is 4.79 Å².